The first-order chi connectivity index (χ1) is 9.53. The zero-order valence-corrected chi connectivity index (χ0v) is 13.2. The average molecular weight is 277 g/mol. The number of piperazine rings is 1. The largest absolute Gasteiger partial charge is 0.361 e. The van der Waals surface area contributed by atoms with Gasteiger partial charge >= 0.3 is 0 Å². The van der Waals surface area contributed by atoms with Gasteiger partial charge in [0.2, 0.25) is 0 Å². The van der Waals surface area contributed by atoms with Crippen LogP contribution in [0.5, 0.6) is 0 Å². The van der Waals surface area contributed by atoms with Gasteiger partial charge in [0, 0.05) is 36.8 Å². The van der Waals surface area contributed by atoms with Crippen molar-refractivity contribution in [3.05, 3.63) is 17.0 Å². The molecule has 2 fully saturated rings. The fourth-order valence-electron chi connectivity index (χ4n) is 3.60. The number of nitrogens with zero attached hydrogens (tertiary/aromatic N) is 2. The van der Waals surface area contributed by atoms with Crippen LogP contribution in [0.2, 0.25) is 0 Å². The molecule has 0 bridgehead atoms. The van der Waals surface area contributed by atoms with Crippen molar-refractivity contribution < 1.29 is 4.52 Å². The van der Waals surface area contributed by atoms with Crippen molar-refractivity contribution in [2.45, 2.75) is 65.1 Å². The molecule has 112 valence electrons. The molecule has 4 heteroatoms. The lowest BCUT2D eigenvalue weighted by Crippen LogP contribution is -2.63. The van der Waals surface area contributed by atoms with Crippen LogP contribution in [0.3, 0.4) is 0 Å². The minimum absolute atomic E-state index is 0.296. The normalized spacial score (nSPS) is 31.7. The Morgan fingerprint density at radius 1 is 1.40 bits per heavy atom. The molecule has 1 aliphatic heterocycles. The molecule has 2 atom stereocenters. The van der Waals surface area contributed by atoms with Crippen molar-refractivity contribution in [2.75, 3.05) is 13.1 Å². The summed E-state index contributed by atoms with van der Waals surface area (Å²) < 4.78 is 5.33. The van der Waals surface area contributed by atoms with Crippen molar-refractivity contribution in [1.29, 1.82) is 0 Å². The number of nitrogens with one attached hydrogen (secondary N) is 1. The van der Waals surface area contributed by atoms with Gasteiger partial charge in [-0.05, 0) is 46.0 Å². The van der Waals surface area contributed by atoms with Gasteiger partial charge in [0.15, 0.2) is 0 Å². The number of hydrogen-bond donors (Lipinski definition) is 1. The summed E-state index contributed by atoms with van der Waals surface area (Å²) in [5.74, 6) is 1.84. The first-order valence-corrected chi connectivity index (χ1v) is 7.94. The molecule has 1 aromatic rings. The molecule has 3 rings (SSSR count). The highest BCUT2D eigenvalue weighted by Gasteiger charge is 2.45. The Hall–Kier alpha value is -0.870. The van der Waals surface area contributed by atoms with Crippen LogP contribution in [-0.2, 0) is 6.54 Å². The molecular weight excluding hydrogens is 250 g/mol. The van der Waals surface area contributed by atoms with Crippen LogP contribution in [0.25, 0.3) is 0 Å². The fourth-order valence-corrected chi connectivity index (χ4v) is 3.60. The third-order valence-electron chi connectivity index (χ3n) is 5.28. The lowest BCUT2D eigenvalue weighted by molar-refractivity contribution is 0.0661. The Balaban J connectivity index is 1.77. The molecule has 1 aromatic heterocycles. The van der Waals surface area contributed by atoms with Crippen molar-refractivity contribution in [3.63, 3.8) is 0 Å². The van der Waals surface area contributed by atoms with Crippen LogP contribution < -0.4 is 5.32 Å². The zero-order chi connectivity index (χ0) is 14.3. The minimum atomic E-state index is 0.296. The quantitative estimate of drug-likeness (QED) is 0.918. The number of aryl methyl sites for hydroxylation is 2. The Morgan fingerprint density at radius 3 is 2.70 bits per heavy atom. The lowest BCUT2D eigenvalue weighted by Gasteiger charge is -2.46. The van der Waals surface area contributed by atoms with E-state index in [0.29, 0.717) is 11.6 Å². The summed E-state index contributed by atoms with van der Waals surface area (Å²) in [5, 5.41) is 7.92. The second-order valence-corrected chi connectivity index (χ2v) is 6.84. The van der Waals surface area contributed by atoms with Crippen molar-refractivity contribution in [2.24, 2.45) is 5.92 Å². The summed E-state index contributed by atoms with van der Waals surface area (Å²) in [6, 6.07) is 0.621. The van der Waals surface area contributed by atoms with E-state index >= 15 is 0 Å². The van der Waals surface area contributed by atoms with E-state index in [1.807, 2.05) is 6.92 Å². The Labute approximate surface area is 121 Å². The summed E-state index contributed by atoms with van der Waals surface area (Å²) >= 11 is 0. The Kier molecular flexibility index (Phi) is 3.63. The summed E-state index contributed by atoms with van der Waals surface area (Å²) in [7, 11) is 0. The van der Waals surface area contributed by atoms with E-state index in [-0.39, 0.29) is 0 Å². The molecule has 0 radical (unpaired) electrons. The molecule has 1 aliphatic carbocycles. The van der Waals surface area contributed by atoms with Crippen molar-refractivity contribution in [1.82, 2.24) is 15.4 Å². The number of rotatable bonds is 4. The van der Waals surface area contributed by atoms with E-state index in [4.69, 9.17) is 4.52 Å². The highest BCUT2D eigenvalue weighted by atomic mass is 16.5. The Morgan fingerprint density at radius 2 is 2.15 bits per heavy atom. The van der Waals surface area contributed by atoms with Gasteiger partial charge in [-0.2, -0.15) is 0 Å². The SMILES string of the molecule is CCC1CNC(C)(C2CC2)CN1Cc1c(C)noc1C. The maximum atomic E-state index is 5.33. The topological polar surface area (TPSA) is 41.3 Å². The molecule has 1 N–H and O–H groups in total. The van der Waals surface area contributed by atoms with Gasteiger partial charge < -0.3 is 9.84 Å². The smallest absolute Gasteiger partial charge is 0.138 e. The van der Waals surface area contributed by atoms with Gasteiger partial charge in [-0.25, -0.2) is 0 Å². The molecular formula is C16H27N3O. The van der Waals surface area contributed by atoms with Gasteiger partial charge in [-0.15, -0.1) is 0 Å². The molecule has 0 amide bonds. The molecule has 2 aliphatic rings. The number of hydrogen-bond acceptors (Lipinski definition) is 4. The molecule has 1 saturated carbocycles. The standard InChI is InChI=1S/C16H27N3O/c1-5-14-8-17-16(4,13-6-7-13)10-19(14)9-15-11(2)18-20-12(15)3/h13-14,17H,5-10H2,1-4H3. The van der Waals surface area contributed by atoms with Crippen LogP contribution >= 0.6 is 0 Å². The molecule has 0 spiro atoms. The summed E-state index contributed by atoms with van der Waals surface area (Å²) in [5.41, 5.74) is 2.62. The third-order valence-corrected chi connectivity index (χ3v) is 5.28. The van der Waals surface area contributed by atoms with Crippen LogP contribution in [-0.4, -0.2) is 34.7 Å². The molecule has 2 heterocycles. The summed E-state index contributed by atoms with van der Waals surface area (Å²) in [6.45, 7) is 12.0. The van der Waals surface area contributed by atoms with E-state index in [1.165, 1.54) is 24.8 Å². The van der Waals surface area contributed by atoms with Crippen molar-refractivity contribution in [3.8, 4) is 0 Å². The molecule has 1 saturated heterocycles. The van der Waals surface area contributed by atoms with Gasteiger partial charge in [0.05, 0.1) is 5.69 Å². The fraction of sp³-hybridized carbons (Fsp3) is 0.812. The maximum absolute atomic E-state index is 5.33. The van der Waals surface area contributed by atoms with Crippen molar-refractivity contribution >= 4 is 0 Å². The van der Waals surface area contributed by atoms with Crippen LogP contribution in [0.1, 0.15) is 50.1 Å². The average Bonchev–Trinajstić information content (AvgIpc) is 3.23. The molecule has 2 unspecified atom stereocenters. The zero-order valence-electron chi connectivity index (χ0n) is 13.2. The van der Waals surface area contributed by atoms with E-state index in [9.17, 15) is 0 Å². The molecule has 4 nitrogen and oxygen atoms in total. The minimum Gasteiger partial charge on any atom is -0.361 e. The number of aromatic nitrogens is 1. The monoisotopic (exact) mass is 277 g/mol. The molecule has 0 aromatic carbocycles. The maximum Gasteiger partial charge on any atom is 0.138 e. The second kappa shape index (κ2) is 5.15. The summed E-state index contributed by atoms with van der Waals surface area (Å²) in [4.78, 5) is 2.64. The van der Waals surface area contributed by atoms with Crippen LogP contribution in [0.15, 0.2) is 4.52 Å². The summed E-state index contributed by atoms with van der Waals surface area (Å²) in [6.07, 6.45) is 3.97. The predicted molar refractivity (Wildman–Crippen MR) is 79.6 cm³/mol. The van der Waals surface area contributed by atoms with E-state index in [2.05, 4.69) is 36.1 Å². The van der Waals surface area contributed by atoms with Gasteiger partial charge in [-0.3, -0.25) is 4.90 Å². The van der Waals surface area contributed by atoms with E-state index < -0.39 is 0 Å². The lowest BCUT2D eigenvalue weighted by atomic mass is 9.90. The van der Waals surface area contributed by atoms with Gasteiger partial charge in [0.25, 0.3) is 0 Å². The third kappa shape index (κ3) is 2.51. The van der Waals surface area contributed by atoms with Gasteiger partial charge in [-0.1, -0.05) is 12.1 Å². The highest BCUT2D eigenvalue weighted by molar-refractivity contribution is 5.21. The highest BCUT2D eigenvalue weighted by Crippen LogP contribution is 2.41. The first kappa shape index (κ1) is 14.1. The first-order valence-electron chi connectivity index (χ1n) is 7.94. The van der Waals surface area contributed by atoms with Crippen LogP contribution in [0.4, 0.5) is 0 Å². The predicted octanol–water partition coefficient (Wildman–Crippen LogP) is 2.64. The molecule has 20 heavy (non-hydrogen) atoms. The second-order valence-electron chi connectivity index (χ2n) is 6.84. The van der Waals surface area contributed by atoms with E-state index in [0.717, 1.165) is 37.0 Å². The Bertz CT molecular complexity index is 461. The van der Waals surface area contributed by atoms with E-state index in [1.54, 1.807) is 0 Å². The van der Waals surface area contributed by atoms with Gasteiger partial charge in [0.1, 0.15) is 5.76 Å². The van der Waals surface area contributed by atoms with Crippen LogP contribution in [0, 0.1) is 19.8 Å².